The number of fused-ring (bicyclic) bond motifs is 1. The third-order valence-electron chi connectivity index (χ3n) is 4.31. The molecule has 134 valence electrons. The van der Waals surface area contributed by atoms with E-state index in [0.29, 0.717) is 22.0 Å². The number of carbonyl (C=O) groups excluding carboxylic acids is 3. The van der Waals surface area contributed by atoms with E-state index >= 15 is 0 Å². The van der Waals surface area contributed by atoms with Gasteiger partial charge in [-0.2, -0.15) is 0 Å². The van der Waals surface area contributed by atoms with E-state index in [9.17, 15) is 14.4 Å². The summed E-state index contributed by atoms with van der Waals surface area (Å²) in [6.45, 7) is 0. The maximum absolute atomic E-state index is 12.4. The third kappa shape index (κ3) is 3.00. The lowest BCUT2D eigenvalue weighted by molar-refractivity contribution is 0.0692. The first-order chi connectivity index (χ1) is 12.9. The molecule has 0 radical (unpaired) electrons. The molecule has 0 spiro atoms. The maximum Gasteiger partial charge on any atom is 0.291 e. The van der Waals surface area contributed by atoms with E-state index in [-0.39, 0.29) is 17.2 Å². The van der Waals surface area contributed by atoms with Crippen LogP contribution in [0.5, 0.6) is 0 Å². The largest absolute Gasteiger partial charge is 0.451 e. The van der Waals surface area contributed by atoms with Crippen LogP contribution in [0.1, 0.15) is 31.3 Å². The third-order valence-corrected chi connectivity index (χ3v) is 4.56. The van der Waals surface area contributed by atoms with E-state index in [4.69, 9.17) is 16.0 Å². The molecule has 0 atom stereocenters. The molecule has 2 heterocycles. The molecule has 3 aromatic rings. The Balaban J connectivity index is 1.55. The van der Waals surface area contributed by atoms with E-state index in [2.05, 4.69) is 5.32 Å². The maximum atomic E-state index is 12.4. The van der Waals surface area contributed by atoms with Crippen molar-refractivity contribution in [1.82, 2.24) is 4.90 Å². The standard InChI is InChI=1S/C20H13ClN2O4/c1-23-19(25)14-7-6-13(10-15(14)20(23)26)22-18(24)17-9-8-16(27-17)11-2-4-12(21)5-3-11/h2-10H,1H3,(H,22,24). The summed E-state index contributed by atoms with van der Waals surface area (Å²) < 4.78 is 5.61. The Morgan fingerprint density at radius 2 is 1.67 bits per heavy atom. The summed E-state index contributed by atoms with van der Waals surface area (Å²) in [7, 11) is 1.42. The van der Waals surface area contributed by atoms with Crippen molar-refractivity contribution in [2.45, 2.75) is 0 Å². The van der Waals surface area contributed by atoms with Gasteiger partial charge in [0, 0.05) is 23.3 Å². The summed E-state index contributed by atoms with van der Waals surface area (Å²) in [6.07, 6.45) is 0. The number of anilines is 1. The summed E-state index contributed by atoms with van der Waals surface area (Å²) in [4.78, 5) is 37.5. The Bertz CT molecular complexity index is 1090. The Morgan fingerprint density at radius 1 is 0.963 bits per heavy atom. The minimum atomic E-state index is -0.458. The molecule has 0 aliphatic carbocycles. The van der Waals surface area contributed by atoms with Crippen molar-refractivity contribution in [3.8, 4) is 11.3 Å². The molecule has 1 aliphatic heterocycles. The van der Waals surface area contributed by atoms with Gasteiger partial charge in [0.2, 0.25) is 0 Å². The first-order valence-electron chi connectivity index (χ1n) is 8.07. The zero-order chi connectivity index (χ0) is 19.1. The number of amides is 3. The van der Waals surface area contributed by atoms with Gasteiger partial charge in [-0.05, 0) is 54.6 Å². The van der Waals surface area contributed by atoms with E-state index in [0.717, 1.165) is 10.5 Å². The van der Waals surface area contributed by atoms with Gasteiger partial charge in [-0.3, -0.25) is 19.3 Å². The summed E-state index contributed by atoms with van der Waals surface area (Å²) in [5.41, 5.74) is 1.79. The second-order valence-corrected chi connectivity index (χ2v) is 6.49. The molecule has 1 aromatic heterocycles. The number of halogens is 1. The lowest BCUT2D eigenvalue weighted by atomic mass is 10.1. The van der Waals surface area contributed by atoms with Gasteiger partial charge in [-0.15, -0.1) is 0 Å². The topological polar surface area (TPSA) is 79.6 Å². The van der Waals surface area contributed by atoms with E-state index in [1.807, 2.05) is 0 Å². The summed E-state index contributed by atoms with van der Waals surface area (Å²) in [5, 5.41) is 3.29. The van der Waals surface area contributed by atoms with Crippen LogP contribution < -0.4 is 5.32 Å². The van der Waals surface area contributed by atoms with Crippen molar-refractivity contribution in [3.63, 3.8) is 0 Å². The Labute approximate surface area is 159 Å². The highest BCUT2D eigenvalue weighted by Crippen LogP contribution is 2.26. The lowest BCUT2D eigenvalue weighted by Crippen LogP contribution is -2.24. The minimum absolute atomic E-state index is 0.125. The predicted octanol–water partition coefficient (Wildman–Crippen LogP) is 4.08. The van der Waals surface area contributed by atoms with Gasteiger partial charge in [-0.25, -0.2) is 0 Å². The summed E-state index contributed by atoms with van der Waals surface area (Å²) in [6, 6.07) is 14.9. The molecule has 3 amide bonds. The Kier molecular flexibility index (Phi) is 4.05. The fraction of sp³-hybridized carbons (Fsp3) is 0.0500. The first-order valence-corrected chi connectivity index (χ1v) is 8.45. The van der Waals surface area contributed by atoms with Crippen LogP contribution in [0.4, 0.5) is 5.69 Å². The number of furan rings is 1. The van der Waals surface area contributed by atoms with Crippen molar-refractivity contribution < 1.29 is 18.8 Å². The van der Waals surface area contributed by atoms with Crippen molar-refractivity contribution in [1.29, 1.82) is 0 Å². The van der Waals surface area contributed by atoms with E-state index in [1.165, 1.54) is 19.2 Å². The van der Waals surface area contributed by atoms with E-state index < -0.39 is 11.8 Å². The van der Waals surface area contributed by atoms with Crippen LogP contribution in [-0.2, 0) is 0 Å². The molecule has 7 heteroatoms. The molecular weight excluding hydrogens is 368 g/mol. The number of nitrogens with zero attached hydrogens (tertiary/aromatic N) is 1. The fourth-order valence-corrected chi connectivity index (χ4v) is 2.99. The lowest BCUT2D eigenvalue weighted by Gasteiger charge is -2.05. The molecular formula is C20H13ClN2O4. The molecule has 6 nitrogen and oxygen atoms in total. The van der Waals surface area contributed by atoms with Gasteiger partial charge >= 0.3 is 0 Å². The highest BCUT2D eigenvalue weighted by atomic mass is 35.5. The normalized spacial score (nSPS) is 13.0. The minimum Gasteiger partial charge on any atom is -0.451 e. The van der Waals surface area contributed by atoms with Crippen LogP contribution in [0.2, 0.25) is 5.02 Å². The highest BCUT2D eigenvalue weighted by molar-refractivity contribution is 6.30. The van der Waals surface area contributed by atoms with Crippen molar-refractivity contribution >= 4 is 35.0 Å². The van der Waals surface area contributed by atoms with Gasteiger partial charge in [0.1, 0.15) is 5.76 Å². The van der Waals surface area contributed by atoms with Gasteiger partial charge in [0.15, 0.2) is 5.76 Å². The predicted molar refractivity (Wildman–Crippen MR) is 100.0 cm³/mol. The van der Waals surface area contributed by atoms with Crippen LogP contribution in [0, 0.1) is 0 Å². The van der Waals surface area contributed by atoms with Crippen molar-refractivity contribution in [2.75, 3.05) is 12.4 Å². The molecule has 0 saturated carbocycles. The Hall–Kier alpha value is -3.38. The van der Waals surface area contributed by atoms with Crippen LogP contribution in [0.15, 0.2) is 59.0 Å². The first kappa shape index (κ1) is 17.1. The summed E-state index contributed by atoms with van der Waals surface area (Å²) in [5.74, 6) is -0.547. The zero-order valence-electron chi connectivity index (χ0n) is 14.2. The smallest absolute Gasteiger partial charge is 0.291 e. The zero-order valence-corrected chi connectivity index (χ0v) is 14.9. The number of imide groups is 1. The van der Waals surface area contributed by atoms with Crippen LogP contribution >= 0.6 is 11.6 Å². The molecule has 4 rings (SSSR count). The van der Waals surface area contributed by atoms with Gasteiger partial charge in [-0.1, -0.05) is 11.6 Å². The monoisotopic (exact) mass is 380 g/mol. The highest BCUT2D eigenvalue weighted by Gasteiger charge is 2.32. The molecule has 1 aliphatic rings. The molecule has 0 fully saturated rings. The molecule has 2 aromatic carbocycles. The van der Waals surface area contributed by atoms with Gasteiger partial charge in [0.05, 0.1) is 11.1 Å². The Morgan fingerprint density at radius 3 is 2.41 bits per heavy atom. The molecule has 27 heavy (non-hydrogen) atoms. The molecule has 0 bridgehead atoms. The van der Waals surface area contributed by atoms with Crippen molar-refractivity contribution in [3.05, 3.63) is 76.5 Å². The number of hydrogen-bond donors (Lipinski definition) is 1. The van der Waals surface area contributed by atoms with Crippen molar-refractivity contribution in [2.24, 2.45) is 0 Å². The second kappa shape index (κ2) is 6.41. The number of rotatable bonds is 3. The molecule has 1 N–H and O–H groups in total. The van der Waals surface area contributed by atoms with Crippen LogP contribution in [0.25, 0.3) is 11.3 Å². The van der Waals surface area contributed by atoms with Gasteiger partial charge < -0.3 is 9.73 Å². The second-order valence-electron chi connectivity index (χ2n) is 6.05. The average Bonchev–Trinajstić information content (AvgIpc) is 3.23. The van der Waals surface area contributed by atoms with E-state index in [1.54, 1.807) is 42.5 Å². The SMILES string of the molecule is CN1C(=O)c2ccc(NC(=O)c3ccc(-c4ccc(Cl)cc4)o3)cc2C1=O. The number of hydrogen-bond acceptors (Lipinski definition) is 4. The molecule has 0 unspecified atom stereocenters. The fourth-order valence-electron chi connectivity index (χ4n) is 2.86. The number of benzene rings is 2. The summed E-state index contributed by atoms with van der Waals surface area (Å²) >= 11 is 5.87. The number of nitrogens with one attached hydrogen (secondary N) is 1. The van der Waals surface area contributed by atoms with Crippen LogP contribution in [0.3, 0.4) is 0 Å². The number of carbonyl (C=O) groups is 3. The van der Waals surface area contributed by atoms with Crippen LogP contribution in [-0.4, -0.2) is 29.7 Å². The molecule has 0 saturated heterocycles. The quantitative estimate of drug-likeness (QED) is 0.694. The average molecular weight is 381 g/mol. The van der Waals surface area contributed by atoms with Gasteiger partial charge in [0.25, 0.3) is 17.7 Å².